The van der Waals surface area contributed by atoms with Crippen LogP contribution < -0.4 is 9.64 Å². The van der Waals surface area contributed by atoms with Crippen molar-refractivity contribution in [1.29, 1.82) is 0 Å². The van der Waals surface area contributed by atoms with Crippen LogP contribution in [0, 0.1) is 19.7 Å². The Hall–Kier alpha value is -2.70. The van der Waals surface area contributed by atoms with Crippen molar-refractivity contribution in [3.05, 3.63) is 41.6 Å². The van der Waals surface area contributed by atoms with Gasteiger partial charge in [-0.05, 0) is 26.0 Å². The SMILES string of the molecule is Cc1cc(N2CCOc3cc(F)ccc32)n2nc(C)nc2n1. The molecule has 1 aliphatic heterocycles. The summed E-state index contributed by atoms with van der Waals surface area (Å²) in [7, 11) is 0. The van der Waals surface area contributed by atoms with E-state index in [1.807, 2.05) is 24.8 Å². The van der Waals surface area contributed by atoms with E-state index in [1.165, 1.54) is 12.1 Å². The highest BCUT2D eigenvalue weighted by atomic mass is 19.1. The Labute approximate surface area is 126 Å². The van der Waals surface area contributed by atoms with Crippen LogP contribution >= 0.6 is 0 Å². The van der Waals surface area contributed by atoms with E-state index < -0.39 is 0 Å². The van der Waals surface area contributed by atoms with Gasteiger partial charge in [0.1, 0.15) is 29.8 Å². The maximum absolute atomic E-state index is 13.4. The summed E-state index contributed by atoms with van der Waals surface area (Å²) in [5.41, 5.74) is 1.66. The quantitative estimate of drug-likeness (QED) is 0.690. The number of nitrogens with zero attached hydrogens (tertiary/aromatic N) is 5. The molecular weight excluding hydrogens is 285 g/mol. The predicted molar refractivity (Wildman–Crippen MR) is 79.2 cm³/mol. The van der Waals surface area contributed by atoms with Crippen LogP contribution in [0.4, 0.5) is 15.9 Å². The summed E-state index contributed by atoms with van der Waals surface area (Å²) < 4.78 is 20.7. The third kappa shape index (κ3) is 1.97. The van der Waals surface area contributed by atoms with E-state index in [0.29, 0.717) is 30.5 Å². The zero-order valence-electron chi connectivity index (χ0n) is 12.2. The molecule has 112 valence electrons. The van der Waals surface area contributed by atoms with Gasteiger partial charge in [-0.25, -0.2) is 9.37 Å². The van der Waals surface area contributed by atoms with Crippen molar-refractivity contribution in [2.45, 2.75) is 13.8 Å². The number of benzene rings is 1. The first kappa shape index (κ1) is 13.0. The monoisotopic (exact) mass is 299 g/mol. The Kier molecular flexibility index (Phi) is 2.75. The number of hydrogen-bond donors (Lipinski definition) is 0. The van der Waals surface area contributed by atoms with Crippen LogP contribution in [-0.2, 0) is 0 Å². The normalized spacial score (nSPS) is 14.0. The number of aromatic nitrogens is 4. The molecule has 0 atom stereocenters. The van der Waals surface area contributed by atoms with Gasteiger partial charge in [0.25, 0.3) is 5.78 Å². The average Bonchev–Trinajstić information content (AvgIpc) is 2.85. The first-order valence-electron chi connectivity index (χ1n) is 7.03. The van der Waals surface area contributed by atoms with Crippen molar-refractivity contribution < 1.29 is 9.13 Å². The molecule has 0 bridgehead atoms. The third-order valence-corrected chi connectivity index (χ3v) is 3.59. The van der Waals surface area contributed by atoms with Crippen LogP contribution in [0.25, 0.3) is 5.78 Å². The van der Waals surface area contributed by atoms with Gasteiger partial charge >= 0.3 is 0 Å². The van der Waals surface area contributed by atoms with Gasteiger partial charge in [0.05, 0.1) is 12.2 Å². The van der Waals surface area contributed by atoms with E-state index in [9.17, 15) is 4.39 Å². The molecule has 7 heteroatoms. The fourth-order valence-corrected chi connectivity index (χ4v) is 2.69. The summed E-state index contributed by atoms with van der Waals surface area (Å²) in [6, 6.07) is 6.49. The van der Waals surface area contributed by atoms with Gasteiger partial charge in [-0.3, -0.25) is 0 Å². The summed E-state index contributed by atoms with van der Waals surface area (Å²) in [6.45, 7) is 4.87. The average molecular weight is 299 g/mol. The van der Waals surface area contributed by atoms with Crippen LogP contribution in [0.5, 0.6) is 5.75 Å². The second kappa shape index (κ2) is 4.66. The molecule has 6 nitrogen and oxygen atoms in total. The van der Waals surface area contributed by atoms with Crippen molar-refractivity contribution >= 4 is 17.3 Å². The Morgan fingerprint density at radius 1 is 1.18 bits per heavy atom. The highest BCUT2D eigenvalue weighted by molar-refractivity contribution is 5.69. The molecule has 2 aromatic heterocycles. The largest absolute Gasteiger partial charge is 0.489 e. The number of halogens is 1. The van der Waals surface area contributed by atoms with Gasteiger partial charge in [-0.1, -0.05) is 0 Å². The van der Waals surface area contributed by atoms with E-state index in [2.05, 4.69) is 15.1 Å². The summed E-state index contributed by atoms with van der Waals surface area (Å²) in [5.74, 6) is 2.29. The van der Waals surface area contributed by atoms with Crippen LogP contribution in [0.3, 0.4) is 0 Å². The number of hydrogen-bond acceptors (Lipinski definition) is 5. The van der Waals surface area contributed by atoms with E-state index in [-0.39, 0.29) is 5.82 Å². The Balaban J connectivity index is 1.93. The highest BCUT2D eigenvalue weighted by Crippen LogP contribution is 2.36. The van der Waals surface area contributed by atoms with E-state index in [1.54, 1.807) is 10.6 Å². The van der Waals surface area contributed by atoms with Crippen molar-refractivity contribution in [2.24, 2.45) is 0 Å². The van der Waals surface area contributed by atoms with Gasteiger partial charge in [0.2, 0.25) is 0 Å². The van der Waals surface area contributed by atoms with Gasteiger partial charge < -0.3 is 9.64 Å². The fourth-order valence-electron chi connectivity index (χ4n) is 2.69. The molecule has 0 radical (unpaired) electrons. The zero-order valence-corrected chi connectivity index (χ0v) is 12.2. The molecule has 3 aromatic rings. The van der Waals surface area contributed by atoms with Crippen molar-refractivity contribution in [3.63, 3.8) is 0 Å². The minimum atomic E-state index is -0.312. The molecule has 22 heavy (non-hydrogen) atoms. The molecule has 0 fully saturated rings. The number of fused-ring (bicyclic) bond motifs is 2. The molecule has 0 amide bonds. The molecule has 0 N–H and O–H groups in total. The minimum absolute atomic E-state index is 0.312. The number of aryl methyl sites for hydroxylation is 2. The number of ether oxygens (including phenoxy) is 1. The number of anilines is 2. The standard InChI is InChI=1S/C15H14FN5O/c1-9-7-14(21-15(17-9)18-10(2)19-21)20-5-6-22-13-8-11(16)3-4-12(13)20/h3-4,7-8H,5-6H2,1-2H3. The van der Waals surface area contributed by atoms with Crippen molar-refractivity contribution in [2.75, 3.05) is 18.1 Å². The number of rotatable bonds is 1. The smallest absolute Gasteiger partial charge is 0.254 e. The molecule has 0 aliphatic carbocycles. The van der Waals surface area contributed by atoms with Gasteiger partial charge in [0.15, 0.2) is 0 Å². The van der Waals surface area contributed by atoms with Gasteiger partial charge in [-0.2, -0.15) is 9.50 Å². The maximum Gasteiger partial charge on any atom is 0.254 e. The molecule has 1 aromatic carbocycles. The zero-order chi connectivity index (χ0) is 15.3. The lowest BCUT2D eigenvalue weighted by Crippen LogP contribution is -2.30. The first-order valence-corrected chi connectivity index (χ1v) is 7.03. The summed E-state index contributed by atoms with van der Waals surface area (Å²) in [5, 5.41) is 4.41. The highest BCUT2D eigenvalue weighted by Gasteiger charge is 2.23. The fraction of sp³-hybridized carbons (Fsp3) is 0.267. The van der Waals surface area contributed by atoms with E-state index in [0.717, 1.165) is 17.2 Å². The lowest BCUT2D eigenvalue weighted by atomic mass is 10.2. The summed E-state index contributed by atoms with van der Waals surface area (Å²) >= 11 is 0. The van der Waals surface area contributed by atoms with E-state index >= 15 is 0 Å². The maximum atomic E-state index is 13.4. The molecule has 0 spiro atoms. The van der Waals surface area contributed by atoms with Crippen molar-refractivity contribution in [1.82, 2.24) is 19.6 Å². The summed E-state index contributed by atoms with van der Waals surface area (Å²) in [4.78, 5) is 10.8. The van der Waals surface area contributed by atoms with Crippen LogP contribution in [0.1, 0.15) is 11.5 Å². The summed E-state index contributed by atoms with van der Waals surface area (Å²) in [6.07, 6.45) is 0. The topological polar surface area (TPSA) is 55.6 Å². The Morgan fingerprint density at radius 3 is 2.91 bits per heavy atom. The predicted octanol–water partition coefficient (Wildman–Crippen LogP) is 2.41. The molecule has 0 saturated heterocycles. The van der Waals surface area contributed by atoms with Gasteiger partial charge in [0, 0.05) is 17.8 Å². The second-order valence-electron chi connectivity index (χ2n) is 5.24. The Bertz CT molecular complexity index is 876. The molecule has 4 rings (SSSR count). The lowest BCUT2D eigenvalue weighted by molar-refractivity contribution is 0.311. The van der Waals surface area contributed by atoms with Crippen LogP contribution in [0.15, 0.2) is 24.3 Å². The molecule has 3 heterocycles. The molecular formula is C15H14FN5O. The van der Waals surface area contributed by atoms with E-state index in [4.69, 9.17) is 4.74 Å². The molecule has 1 aliphatic rings. The first-order chi connectivity index (χ1) is 10.6. The van der Waals surface area contributed by atoms with Crippen molar-refractivity contribution in [3.8, 4) is 5.75 Å². The Morgan fingerprint density at radius 2 is 2.05 bits per heavy atom. The lowest BCUT2D eigenvalue weighted by Gasteiger charge is -2.31. The molecule has 0 saturated carbocycles. The van der Waals surface area contributed by atoms with Crippen LogP contribution in [-0.4, -0.2) is 32.7 Å². The third-order valence-electron chi connectivity index (χ3n) is 3.59. The second-order valence-corrected chi connectivity index (χ2v) is 5.24. The minimum Gasteiger partial charge on any atom is -0.489 e. The van der Waals surface area contributed by atoms with Gasteiger partial charge in [-0.15, -0.1) is 5.10 Å². The molecule has 0 unspecified atom stereocenters. The van der Waals surface area contributed by atoms with Crippen LogP contribution in [0.2, 0.25) is 0 Å².